The van der Waals surface area contributed by atoms with Crippen LogP contribution >= 0.6 is 0 Å². The summed E-state index contributed by atoms with van der Waals surface area (Å²) in [5.41, 5.74) is 9.48. The number of benzene rings is 1. The van der Waals surface area contributed by atoms with Crippen molar-refractivity contribution >= 4 is 17.4 Å². The molecule has 5 heteroatoms. The Balaban J connectivity index is 2.10. The molecule has 1 aliphatic heterocycles. The zero-order valence-electron chi connectivity index (χ0n) is 10.3. The number of rotatable bonds is 1. The zero-order valence-corrected chi connectivity index (χ0v) is 10.3. The maximum absolute atomic E-state index is 11.9. The van der Waals surface area contributed by atoms with E-state index in [2.05, 4.69) is 10.2 Å². The minimum absolute atomic E-state index is 0.0924. The molecule has 1 aliphatic rings. The minimum Gasteiger partial charge on any atom is -0.382 e. The van der Waals surface area contributed by atoms with E-state index in [0.29, 0.717) is 5.82 Å². The number of aromatic amines is 1. The van der Waals surface area contributed by atoms with Crippen LogP contribution in [0.5, 0.6) is 0 Å². The van der Waals surface area contributed by atoms with Crippen LogP contribution in [-0.2, 0) is 4.79 Å². The number of fused-ring (bicyclic) bond motifs is 1. The van der Waals surface area contributed by atoms with Crippen molar-refractivity contribution in [1.82, 2.24) is 10.2 Å². The number of carbonyl (C=O) groups excluding carboxylic acids is 1. The molecule has 0 spiro atoms. The normalized spacial score (nSPS) is 18.2. The average Bonchev–Trinajstić information content (AvgIpc) is 2.89. The molecule has 2 heterocycles. The van der Waals surface area contributed by atoms with Gasteiger partial charge in [0.15, 0.2) is 0 Å². The van der Waals surface area contributed by atoms with E-state index in [-0.39, 0.29) is 11.8 Å². The molecule has 0 bridgehead atoms. The van der Waals surface area contributed by atoms with Crippen LogP contribution in [0.15, 0.2) is 24.3 Å². The van der Waals surface area contributed by atoms with Gasteiger partial charge in [0.2, 0.25) is 5.91 Å². The molecule has 5 nitrogen and oxygen atoms in total. The maximum atomic E-state index is 11.9. The SMILES string of the molecule is CC1C(=O)N(C)c2ccc(-c3cc(N)n[nH]3)cc21. The molecule has 0 radical (unpaired) electrons. The number of aromatic nitrogens is 2. The summed E-state index contributed by atoms with van der Waals surface area (Å²) in [6, 6.07) is 7.73. The van der Waals surface area contributed by atoms with Crippen LogP contribution in [-0.4, -0.2) is 23.2 Å². The highest BCUT2D eigenvalue weighted by Gasteiger charge is 2.31. The van der Waals surface area contributed by atoms with Crippen molar-refractivity contribution in [2.75, 3.05) is 17.7 Å². The van der Waals surface area contributed by atoms with E-state index < -0.39 is 0 Å². The van der Waals surface area contributed by atoms with Crippen LogP contribution in [0, 0.1) is 0 Å². The van der Waals surface area contributed by atoms with Crippen LogP contribution in [0.4, 0.5) is 11.5 Å². The van der Waals surface area contributed by atoms with Crippen LogP contribution in [0.3, 0.4) is 0 Å². The molecule has 0 saturated carbocycles. The molecule has 92 valence electrons. The lowest BCUT2D eigenvalue weighted by atomic mass is 9.99. The molecule has 1 aromatic carbocycles. The second-order valence-electron chi connectivity index (χ2n) is 4.60. The van der Waals surface area contributed by atoms with Crippen molar-refractivity contribution in [2.24, 2.45) is 0 Å². The van der Waals surface area contributed by atoms with Gasteiger partial charge >= 0.3 is 0 Å². The number of nitrogens with zero attached hydrogens (tertiary/aromatic N) is 2. The number of hydrogen-bond acceptors (Lipinski definition) is 3. The Bertz CT molecular complexity index is 632. The van der Waals surface area contributed by atoms with Crippen LogP contribution in [0.2, 0.25) is 0 Å². The van der Waals surface area contributed by atoms with Gasteiger partial charge in [-0.05, 0) is 24.6 Å². The van der Waals surface area contributed by atoms with E-state index in [4.69, 9.17) is 5.73 Å². The highest BCUT2D eigenvalue weighted by molar-refractivity contribution is 6.04. The van der Waals surface area contributed by atoms with Crippen molar-refractivity contribution < 1.29 is 4.79 Å². The van der Waals surface area contributed by atoms with Gasteiger partial charge in [0.05, 0.1) is 11.6 Å². The van der Waals surface area contributed by atoms with E-state index in [1.165, 1.54) is 0 Å². The van der Waals surface area contributed by atoms with E-state index in [1.54, 1.807) is 18.0 Å². The third kappa shape index (κ3) is 1.40. The molecule has 3 rings (SSSR count). The Labute approximate surface area is 105 Å². The largest absolute Gasteiger partial charge is 0.382 e. The fourth-order valence-corrected chi connectivity index (χ4v) is 2.40. The van der Waals surface area contributed by atoms with Gasteiger partial charge in [-0.3, -0.25) is 9.89 Å². The number of nitrogens with two attached hydrogens (primary N) is 1. The van der Waals surface area contributed by atoms with Gasteiger partial charge in [-0.25, -0.2) is 0 Å². The third-order valence-corrected chi connectivity index (χ3v) is 3.47. The zero-order chi connectivity index (χ0) is 12.9. The summed E-state index contributed by atoms with van der Waals surface area (Å²) in [5.74, 6) is 0.503. The lowest BCUT2D eigenvalue weighted by Crippen LogP contribution is -2.22. The summed E-state index contributed by atoms with van der Waals surface area (Å²) in [6.45, 7) is 1.93. The molecular weight excluding hydrogens is 228 g/mol. The molecule has 1 unspecified atom stereocenters. The molecular formula is C13H14N4O. The maximum Gasteiger partial charge on any atom is 0.234 e. The molecule has 1 aromatic heterocycles. The smallest absolute Gasteiger partial charge is 0.234 e. The summed E-state index contributed by atoms with van der Waals surface area (Å²) in [6.07, 6.45) is 0. The second-order valence-corrected chi connectivity index (χ2v) is 4.60. The third-order valence-electron chi connectivity index (χ3n) is 3.47. The fraction of sp³-hybridized carbons (Fsp3) is 0.231. The number of carbonyl (C=O) groups is 1. The number of hydrogen-bond donors (Lipinski definition) is 2. The Morgan fingerprint density at radius 1 is 1.39 bits per heavy atom. The van der Waals surface area contributed by atoms with Gasteiger partial charge in [0.25, 0.3) is 0 Å². The van der Waals surface area contributed by atoms with Gasteiger partial charge in [-0.1, -0.05) is 6.07 Å². The van der Waals surface area contributed by atoms with E-state index >= 15 is 0 Å². The first-order chi connectivity index (χ1) is 8.58. The number of H-pyrrole nitrogens is 1. The highest BCUT2D eigenvalue weighted by atomic mass is 16.2. The van der Waals surface area contributed by atoms with E-state index in [1.807, 2.05) is 25.1 Å². The molecule has 0 fully saturated rings. The van der Waals surface area contributed by atoms with Crippen molar-refractivity contribution in [3.63, 3.8) is 0 Å². The van der Waals surface area contributed by atoms with Crippen LogP contribution in [0.1, 0.15) is 18.4 Å². The highest BCUT2D eigenvalue weighted by Crippen LogP contribution is 2.38. The Kier molecular flexibility index (Phi) is 2.16. The number of nitrogens with one attached hydrogen (secondary N) is 1. The monoisotopic (exact) mass is 242 g/mol. The van der Waals surface area contributed by atoms with E-state index in [0.717, 1.165) is 22.5 Å². The summed E-state index contributed by atoms with van der Waals surface area (Å²) < 4.78 is 0. The topological polar surface area (TPSA) is 75.0 Å². The number of nitrogen functional groups attached to an aromatic ring is 1. The predicted molar refractivity (Wildman–Crippen MR) is 70.3 cm³/mol. The number of anilines is 2. The Hall–Kier alpha value is -2.30. The van der Waals surface area contributed by atoms with Gasteiger partial charge in [0.1, 0.15) is 5.82 Å². The van der Waals surface area contributed by atoms with Crippen molar-refractivity contribution in [1.29, 1.82) is 0 Å². The molecule has 0 saturated heterocycles. The van der Waals surface area contributed by atoms with Gasteiger partial charge in [-0.2, -0.15) is 5.10 Å². The molecule has 0 aliphatic carbocycles. The van der Waals surface area contributed by atoms with Crippen molar-refractivity contribution in [3.05, 3.63) is 29.8 Å². The Morgan fingerprint density at radius 2 is 2.17 bits per heavy atom. The lowest BCUT2D eigenvalue weighted by Gasteiger charge is -2.09. The first kappa shape index (κ1) is 10.8. The van der Waals surface area contributed by atoms with Crippen molar-refractivity contribution in [2.45, 2.75) is 12.8 Å². The summed E-state index contributed by atoms with van der Waals surface area (Å²) in [7, 11) is 1.80. The second kappa shape index (κ2) is 3.60. The lowest BCUT2D eigenvalue weighted by molar-refractivity contribution is -0.118. The molecule has 3 N–H and O–H groups in total. The Morgan fingerprint density at radius 3 is 2.83 bits per heavy atom. The van der Waals surface area contributed by atoms with Gasteiger partial charge in [0, 0.05) is 24.4 Å². The summed E-state index contributed by atoms with van der Waals surface area (Å²) >= 11 is 0. The average molecular weight is 242 g/mol. The van der Waals surface area contributed by atoms with E-state index in [9.17, 15) is 4.79 Å². The van der Waals surface area contributed by atoms with Crippen LogP contribution < -0.4 is 10.6 Å². The molecule has 18 heavy (non-hydrogen) atoms. The van der Waals surface area contributed by atoms with Gasteiger partial charge in [-0.15, -0.1) is 0 Å². The summed E-state index contributed by atoms with van der Waals surface area (Å²) in [4.78, 5) is 13.6. The standard InChI is InChI=1S/C13H14N4O/c1-7-9-5-8(10-6-12(14)16-15-10)3-4-11(9)17(2)13(7)18/h3-7H,1-2H3,(H3,14,15,16). The molecule has 1 atom stereocenters. The van der Waals surface area contributed by atoms with Gasteiger partial charge < -0.3 is 10.6 Å². The van der Waals surface area contributed by atoms with Crippen LogP contribution in [0.25, 0.3) is 11.3 Å². The number of likely N-dealkylation sites (N-methyl/N-ethyl adjacent to an activating group) is 1. The fourth-order valence-electron chi connectivity index (χ4n) is 2.40. The minimum atomic E-state index is -0.0924. The number of amides is 1. The predicted octanol–water partition coefficient (Wildman–Crippen LogP) is 1.74. The van der Waals surface area contributed by atoms with Crippen molar-refractivity contribution in [3.8, 4) is 11.3 Å². The molecule has 1 amide bonds. The first-order valence-electron chi connectivity index (χ1n) is 5.80. The first-order valence-corrected chi connectivity index (χ1v) is 5.80. The quantitative estimate of drug-likeness (QED) is 0.799. The summed E-state index contributed by atoms with van der Waals surface area (Å²) in [5, 5.41) is 6.79. The molecule has 2 aromatic rings.